The molecule has 2 aromatic rings. The van der Waals surface area contributed by atoms with E-state index in [1.165, 1.54) is 11.8 Å². The van der Waals surface area contributed by atoms with Crippen LogP contribution in [0.25, 0.3) is 0 Å². The Labute approximate surface area is 185 Å². The van der Waals surface area contributed by atoms with Gasteiger partial charge in [-0.1, -0.05) is 30.0 Å². The van der Waals surface area contributed by atoms with E-state index in [4.69, 9.17) is 0 Å². The summed E-state index contributed by atoms with van der Waals surface area (Å²) in [6, 6.07) is 13.6. The van der Waals surface area contributed by atoms with E-state index in [-0.39, 0.29) is 17.4 Å². The third-order valence-electron chi connectivity index (χ3n) is 5.33. The molecular weight excluding hydrogens is 408 g/mol. The van der Waals surface area contributed by atoms with Gasteiger partial charge in [-0.25, -0.2) is 0 Å². The Morgan fingerprint density at radius 3 is 2.94 bits per heavy atom. The average molecular weight is 431 g/mol. The van der Waals surface area contributed by atoms with Gasteiger partial charge in [0.25, 0.3) is 0 Å². The number of Topliss-reactive ketones (excluding diaryl/α,β-unsaturated/α-hetero) is 1. The van der Waals surface area contributed by atoms with Gasteiger partial charge in [0.15, 0.2) is 5.78 Å². The number of carbonyl (C=O) groups excluding carboxylic acids is 2. The highest BCUT2D eigenvalue weighted by molar-refractivity contribution is 8.03. The molecule has 1 amide bonds. The largest absolute Gasteiger partial charge is 0.352 e. The van der Waals surface area contributed by atoms with E-state index in [0.717, 1.165) is 35.4 Å². The van der Waals surface area contributed by atoms with Crippen molar-refractivity contribution in [3.8, 4) is 6.07 Å². The molecule has 2 N–H and O–H groups in total. The second kappa shape index (κ2) is 9.19. The topological polar surface area (TPSA) is 94.9 Å². The third kappa shape index (κ3) is 4.54. The van der Waals surface area contributed by atoms with Crippen molar-refractivity contribution in [3.63, 3.8) is 0 Å². The molecule has 1 aromatic carbocycles. The van der Waals surface area contributed by atoms with E-state index >= 15 is 0 Å². The fraction of sp³-hybridized carbons (Fsp3) is 0.250. The number of amides is 1. The highest BCUT2D eigenvalue weighted by Gasteiger charge is 2.37. The number of carbonyl (C=O) groups is 2. The number of pyridine rings is 1. The minimum absolute atomic E-state index is 0.0663. The van der Waals surface area contributed by atoms with E-state index in [9.17, 15) is 14.9 Å². The first-order chi connectivity index (χ1) is 15.1. The van der Waals surface area contributed by atoms with Crippen LogP contribution in [0.2, 0.25) is 0 Å². The molecule has 2 aliphatic rings. The zero-order chi connectivity index (χ0) is 21.8. The molecule has 7 heteroatoms. The molecule has 1 aliphatic heterocycles. The Balaban J connectivity index is 1.59. The molecule has 156 valence electrons. The van der Waals surface area contributed by atoms with E-state index in [1.807, 2.05) is 43.3 Å². The van der Waals surface area contributed by atoms with E-state index in [2.05, 4.69) is 21.7 Å². The van der Waals surface area contributed by atoms with E-state index < -0.39 is 5.92 Å². The zero-order valence-corrected chi connectivity index (χ0v) is 18.0. The molecule has 0 radical (unpaired) electrons. The van der Waals surface area contributed by atoms with Crippen LogP contribution < -0.4 is 10.6 Å². The summed E-state index contributed by atoms with van der Waals surface area (Å²) in [5.41, 5.74) is 4.58. The number of benzene rings is 1. The summed E-state index contributed by atoms with van der Waals surface area (Å²) >= 11 is 1.29. The molecule has 6 nitrogen and oxygen atoms in total. The minimum Gasteiger partial charge on any atom is -0.352 e. The summed E-state index contributed by atoms with van der Waals surface area (Å²) < 4.78 is 0. The van der Waals surface area contributed by atoms with Crippen LogP contribution in [0.3, 0.4) is 0 Å². The molecule has 0 spiro atoms. The van der Waals surface area contributed by atoms with Crippen molar-refractivity contribution in [3.05, 3.63) is 81.8 Å². The summed E-state index contributed by atoms with van der Waals surface area (Å²) in [6.45, 7) is 1.97. The number of dihydropyridines is 1. The summed E-state index contributed by atoms with van der Waals surface area (Å²) in [4.78, 5) is 29.4. The molecule has 2 heterocycles. The van der Waals surface area contributed by atoms with Crippen LogP contribution in [-0.2, 0) is 9.59 Å². The number of anilines is 1. The van der Waals surface area contributed by atoms with Crippen LogP contribution in [-0.4, -0.2) is 22.4 Å². The number of aromatic nitrogens is 1. The lowest BCUT2D eigenvalue weighted by molar-refractivity contribution is -0.116. The molecule has 0 saturated heterocycles. The number of hydrogen-bond acceptors (Lipinski definition) is 6. The van der Waals surface area contributed by atoms with Gasteiger partial charge in [0, 0.05) is 35.8 Å². The van der Waals surface area contributed by atoms with Crippen molar-refractivity contribution in [2.45, 2.75) is 32.1 Å². The van der Waals surface area contributed by atoms with Gasteiger partial charge in [-0.05, 0) is 49.1 Å². The van der Waals surface area contributed by atoms with Crippen molar-refractivity contribution in [2.75, 3.05) is 11.1 Å². The Morgan fingerprint density at radius 1 is 1.32 bits per heavy atom. The maximum Gasteiger partial charge on any atom is 0.234 e. The molecule has 0 unspecified atom stereocenters. The summed E-state index contributed by atoms with van der Waals surface area (Å²) in [7, 11) is 0. The summed E-state index contributed by atoms with van der Waals surface area (Å²) in [6.07, 6.45) is 5.38. The molecule has 1 atom stereocenters. The molecule has 0 bridgehead atoms. The zero-order valence-electron chi connectivity index (χ0n) is 17.1. The lowest BCUT2D eigenvalue weighted by Gasteiger charge is -2.33. The second-order valence-corrected chi connectivity index (χ2v) is 8.56. The number of aryl methyl sites for hydroxylation is 1. The van der Waals surface area contributed by atoms with Crippen molar-refractivity contribution in [1.29, 1.82) is 5.26 Å². The summed E-state index contributed by atoms with van der Waals surface area (Å²) in [5, 5.41) is 16.8. The first kappa shape index (κ1) is 20.9. The van der Waals surface area contributed by atoms with Crippen LogP contribution in [0.4, 0.5) is 5.69 Å². The van der Waals surface area contributed by atoms with Gasteiger partial charge in [0.05, 0.1) is 28.3 Å². The number of hydrogen-bond donors (Lipinski definition) is 2. The van der Waals surface area contributed by atoms with Gasteiger partial charge in [0.2, 0.25) is 5.91 Å². The molecule has 0 fully saturated rings. The Morgan fingerprint density at radius 2 is 2.19 bits per heavy atom. The average Bonchev–Trinajstić information content (AvgIpc) is 2.77. The maximum atomic E-state index is 12.8. The molecule has 31 heavy (non-hydrogen) atoms. The van der Waals surface area contributed by atoms with Crippen molar-refractivity contribution < 1.29 is 9.59 Å². The van der Waals surface area contributed by atoms with Gasteiger partial charge in [-0.2, -0.15) is 5.26 Å². The first-order valence-corrected chi connectivity index (χ1v) is 11.1. The van der Waals surface area contributed by atoms with Gasteiger partial charge in [0.1, 0.15) is 0 Å². The van der Waals surface area contributed by atoms with Gasteiger partial charge in [-0.3, -0.25) is 14.6 Å². The lowest BCUT2D eigenvalue weighted by Crippen LogP contribution is -2.31. The Kier molecular flexibility index (Phi) is 6.19. The summed E-state index contributed by atoms with van der Waals surface area (Å²) in [5.74, 6) is -0.390. The molecule has 0 saturated carbocycles. The van der Waals surface area contributed by atoms with E-state index in [0.29, 0.717) is 22.6 Å². The number of nitriles is 1. The van der Waals surface area contributed by atoms with Crippen LogP contribution in [0.15, 0.2) is 70.7 Å². The van der Waals surface area contributed by atoms with Gasteiger partial charge < -0.3 is 10.6 Å². The van der Waals surface area contributed by atoms with Crippen LogP contribution in [0, 0.1) is 18.3 Å². The lowest BCUT2D eigenvalue weighted by atomic mass is 9.77. The monoisotopic (exact) mass is 430 g/mol. The third-order valence-corrected chi connectivity index (χ3v) is 6.35. The maximum absolute atomic E-state index is 12.8. The highest BCUT2D eigenvalue weighted by Crippen LogP contribution is 2.43. The smallest absolute Gasteiger partial charge is 0.234 e. The molecule has 4 rings (SSSR count). The quantitative estimate of drug-likeness (QED) is 0.739. The fourth-order valence-corrected chi connectivity index (χ4v) is 4.84. The molecule has 1 aromatic heterocycles. The number of thioether (sulfide) groups is 1. The first-order valence-electron chi connectivity index (χ1n) is 10.1. The molecule has 1 aliphatic carbocycles. The van der Waals surface area contributed by atoms with Crippen molar-refractivity contribution in [2.24, 2.45) is 0 Å². The predicted octanol–water partition coefficient (Wildman–Crippen LogP) is 4.19. The number of nitrogens with zero attached hydrogens (tertiary/aromatic N) is 2. The van der Waals surface area contributed by atoms with Gasteiger partial charge >= 0.3 is 0 Å². The van der Waals surface area contributed by atoms with Crippen molar-refractivity contribution in [1.82, 2.24) is 10.3 Å². The highest BCUT2D eigenvalue weighted by atomic mass is 32.2. The number of rotatable bonds is 5. The van der Waals surface area contributed by atoms with Gasteiger partial charge in [-0.15, -0.1) is 0 Å². The Bertz CT molecular complexity index is 1130. The fourth-order valence-electron chi connectivity index (χ4n) is 3.98. The van der Waals surface area contributed by atoms with E-state index in [1.54, 1.807) is 12.4 Å². The molecular formula is C24H22N4O2S. The predicted molar refractivity (Wildman–Crippen MR) is 121 cm³/mol. The number of nitrogens with one attached hydrogen (secondary N) is 2. The SMILES string of the molecule is Cc1cccc(NC(=O)CSC2=C(C#N)[C@@H](c3cccnc3)C3=C(CCCC3=O)N2)c1. The van der Waals surface area contributed by atoms with Crippen LogP contribution >= 0.6 is 11.8 Å². The number of allylic oxidation sites excluding steroid dienone is 3. The Hall–Kier alpha value is -3.37. The standard InChI is InChI=1S/C24H22N4O2S/c1-15-5-2-7-17(11-15)27-21(30)14-31-24-18(12-25)22(16-6-4-10-26-13-16)23-19(28-24)8-3-9-20(23)29/h2,4-7,10-11,13,22,28H,3,8-9,14H2,1H3,(H,27,30)/t22-/m1/s1. The van der Waals surface area contributed by atoms with Crippen molar-refractivity contribution >= 4 is 29.1 Å². The normalized spacial score (nSPS) is 18.2. The number of ketones is 1. The van der Waals surface area contributed by atoms with Crippen LogP contribution in [0.1, 0.15) is 36.3 Å². The minimum atomic E-state index is -0.454. The van der Waals surface area contributed by atoms with Crippen LogP contribution in [0.5, 0.6) is 0 Å². The second-order valence-electron chi connectivity index (χ2n) is 7.57.